The van der Waals surface area contributed by atoms with E-state index in [1.165, 1.54) is 0 Å². The zero-order chi connectivity index (χ0) is 17.6. The maximum atomic E-state index is 12.5. The summed E-state index contributed by atoms with van der Waals surface area (Å²) in [6.07, 6.45) is 0. The molecule has 2 aromatic carbocycles. The summed E-state index contributed by atoms with van der Waals surface area (Å²) in [6, 6.07) is 19.9. The number of nitrogens with zero attached hydrogens (tertiary/aromatic N) is 3. The Balaban J connectivity index is 1.81. The molecule has 3 rings (SSSR count). The van der Waals surface area contributed by atoms with Crippen LogP contribution in [0, 0.1) is 18.3 Å². The zero-order valence-corrected chi connectivity index (χ0v) is 13.5. The smallest absolute Gasteiger partial charge is 0.274 e. The molecule has 0 unspecified atom stereocenters. The van der Waals surface area contributed by atoms with Crippen LogP contribution in [-0.2, 0) is 0 Å². The summed E-state index contributed by atoms with van der Waals surface area (Å²) in [4.78, 5) is 20.9. The normalized spacial score (nSPS) is 9.92. The Morgan fingerprint density at radius 2 is 1.76 bits per heavy atom. The maximum Gasteiger partial charge on any atom is 0.274 e. The third kappa shape index (κ3) is 4.18. The van der Waals surface area contributed by atoms with Crippen LogP contribution >= 0.6 is 0 Å². The van der Waals surface area contributed by atoms with E-state index in [1.54, 1.807) is 37.3 Å². The monoisotopic (exact) mass is 329 g/mol. The number of carbonyl (C=O) groups is 1. The maximum absolute atomic E-state index is 12.5. The van der Waals surface area contributed by atoms with Gasteiger partial charge in [-0.15, -0.1) is 0 Å². The van der Waals surface area contributed by atoms with Gasteiger partial charge < -0.3 is 10.6 Å². The fraction of sp³-hybridized carbons (Fsp3) is 0.0526. The average Bonchev–Trinajstić information content (AvgIpc) is 2.62. The van der Waals surface area contributed by atoms with Crippen LogP contribution in [0.25, 0.3) is 0 Å². The number of nitriles is 1. The van der Waals surface area contributed by atoms with Crippen molar-refractivity contribution < 1.29 is 4.79 Å². The van der Waals surface area contributed by atoms with E-state index in [2.05, 4.69) is 20.6 Å². The Kier molecular flexibility index (Phi) is 4.67. The number of nitrogens with one attached hydrogen (secondary N) is 2. The summed E-state index contributed by atoms with van der Waals surface area (Å²) in [5.41, 5.74) is 2.13. The highest BCUT2D eigenvalue weighted by atomic mass is 16.1. The van der Waals surface area contributed by atoms with E-state index >= 15 is 0 Å². The third-order valence-corrected chi connectivity index (χ3v) is 3.37. The second kappa shape index (κ2) is 7.23. The average molecular weight is 329 g/mol. The van der Waals surface area contributed by atoms with Gasteiger partial charge in [0, 0.05) is 17.4 Å². The van der Waals surface area contributed by atoms with Gasteiger partial charge in [-0.05, 0) is 37.3 Å². The number of benzene rings is 2. The summed E-state index contributed by atoms with van der Waals surface area (Å²) in [5, 5.41) is 14.8. The standard InChI is InChI=1S/C19H15N5O/c1-13-21-17(11-18(22-13)23-15-7-3-2-4-8-15)19(25)24-16-9-5-6-14(10-16)12-20/h2-11H,1H3,(H,24,25)(H,21,22,23). The van der Waals surface area contributed by atoms with Crippen LogP contribution in [0.15, 0.2) is 60.7 Å². The van der Waals surface area contributed by atoms with Crippen LogP contribution in [0.2, 0.25) is 0 Å². The van der Waals surface area contributed by atoms with Crippen molar-refractivity contribution in [3.8, 4) is 6.07 Å². The largest absolute Gasteiger partial charge is 0.340 e. The number of carbonyl (C=O) groups excluding carboxylic acids is 1. The van der Waals surface area contributed by atoms with Crippen molar-refractivity contribution in [2.24, 2.45) is 0 Å². The van der Waals surface area contributed by atoms with Gasteiger partial charge in [-0.25, -0.2) is 9.97 Å². The first-order chi connectivity index (χ1) is 12.1. The van der Waals surface area contributed by atoms with E-state index < -0.39 is 0 Å². The Hall–Kier alpha value is -3.72. The second-order valence-electron chi connectivity index (χ2n) is 5.32. The Labute approximate surface area is 145 Å². The van der Waals surface area contributed by atoms with Crippen molar-refractivity contribution >= 4 is 23.1 Å². The fourth-order valence-corrected chi connectivity index (χ4v) is 2.28. The highest BCUT2D eigenvalue weighted by Crippen LogP contribution is 2.16. The molecule has 6 heteroatoms. The first kappa shape index (κ1) is 16.1. The molecule has 3 aromatic rings. The predicted octanol–water partition coefficient (Wildman–Crippen LogP) is 3.65. The van der Waals surface area contributed by atoms with Crippen LogP contribution in [0.5, 0.6) is 0 Å². The molecule has 2 N–H and O–H groups in total. The number of hydrogen-bond donors (Lipinski definition) is 2. The van der Waals surface area contributed by atoms with Crippen molar-refractivity contribution in [3.05, 3.63) is 77.7 Å². The van der Waals surface area contributed by atoms with Gasteiger partial charge in [0.25, 0.3) is 5.91 Å². The molecule has 25 heavy (non-hydrogen) atoms. The molecule has 0 fully saturated rings. The lowest BCUT2D eigenvalue weighted by molar-refractivity contribution is 0.102. The van der Waals surface area contributed by atoms with E-state index in [0.29, 0.717) is 22.9 Å². The van der Waals surface area contributed by atoms with Crippen LogP contribution in [0.3, 0.4) is 0 Å². The number of rotatable bonds is 4. The van der Waals surface area contributed by atoms with E-state index in [0.717, 1.165) is 5.69 Å². The quantitative estimate of drug-likeness (QED) is 0.762. The highest BCUT2D eigenvalue weighted by molar-refractivity contribution is 6.03. The van der Waals surface area contributed by atoms with E-state index in [9.17, 15) is 4.79 Å². The molecule has 0 atom stereocenters. The highest BCUT2D eigenvalue weighted by Gasteiger charge is 2.11. The van der Waals surface area contributed by atoms with E-state index in [4.69, 9.17) is 5.26 Å². The lowest BCUT2D eigenvalue weighted by atomic mass is 10.2. The molecule has 6 nitrogen and oxygen atoms in total. The van der Waals surface area contributed by atoms with Crippen molar-refractivity contribution in [3.63, 3.8) is 0 Å². The van der Waals surface area contributed by atoms with Gasteiger partial charge in [-0.1, -0.05) is 24.3 Å². The molecule has 122 valence electrons. The molecule has 1 heterocycles. The Bertz CT molecular complexity index is 948. The number of aryl methyl sites for hydroxylation is 1. The molecule has 0 radical (unpaired) electrons. The number of amides is 1. The first-order valence-electron chi connectivity index (χ1n) is 7.63. The molecule has 0 aliphatic carbocycles. The molecular weight excluding hydrogens is 314 g/mol. The first-order valence-corrected chi connectivity index (χ1v) is 7.63. The Morgan fingerprint density at radius 3 is 2.52 bits per heavy atom. The molecule has 0 saturated carbocycles. The SMILES string of the molecule is Cc1nc(Nc2ccccc2)cc(C(=O)Nc2cccc(C#N)c2)n1. The van der Waals surface area contributed by atoms with Crippen molar-refractivity contribution in [1.82, 2.24) is 9.97 Å². The third-order valence-electron chi connectivity index (χ3n) is 3.37. The lowest BCUT2D eigenvalue weighted by Gasteiger charge is -2.09. The summed E-state index contributed by atoms with van der Waals surface area (Å²) in [6.45, 7) is 1.73. The van der Waals surface area contributed by atoms with Gasteiger partial charge in [-0.3, -0.25) is 4.79 Å². The van der Waals surface area contributed by atoms with Gasteiger partial charge in [0.1, 0.15) is 17.3 Å². The molecule has 0 aliphatic rings. The van der Waals surface area contributed by atoms with Gasteiger partial charge in [0.2, 0.25) is 0 Å². The lowest BCUT2D eigenvalue weighted by Crippen LogP contribution is -2.15. The van der Waals surface area contributed by atoms with Gasteiger partial charge in [-0.2, -0.15) is 5.26 Å². The van der Waals surface area contributed by atoms with Crippen LogP contribution in [-0.4, -0.2) is 15.9 Å². The molecule has 1 aromatic heterocycles. The molecule has 0 spiro atoms. The second-order valence-corrected chi connectivity index (χ2v) is 5.32. The van der Waals surface area contributed by atoms with Crippen LogP contribution < -0.4 is 10.6 Å². The van der Waals surface area contributed by atoms with Crippen molar-refractivity contribution in [2.45, 2.75) is 6.92 Å². The van der Waals surface area contributed by atoms with E-state index in [1.807, 2.05) is 36.4 Å². The summed E-state index contributed by atoms with van der Waals surface area (Å²) in [7, 11) is 0. The summed E-state index contributed by atoms with van der Waals surface area (Å²) < 4.78 is 0. The molecule has 0 aliphatic heterocycles. The molecule has 1 amide bonds. The van der Waals surface area contributed by atoms with Crippen molar-refractivity contribution in [2.75, 3.05) is 10.6 Å². The van der Waals surface area contributed by atoms with Crippen LogP contribution in [0.4, 0.5) is 17.2 Å². The zero-order valence-electron chi connectivity index (χ0n) is 13.5. The van der Waals surface area contributed by atoms with E-state index in [-0.39, 0.29) is 11.6 Å². The summed E-state index contributed by atoms with van der Waals surface area (Å²) >= 11 is 0. The molecular formula is C19H15N5O. The minimum atomic E-state index is -0.364. The Morgan fingerprint density at radius 1 is 1.00 bits per heavy atom. The fourth-order valence-electron chi connectivity index (χ4n) is 2.28. The number of hydrogen-bond acceptors (Lipinski definition) is 5. The minimum Gasteiger partial charge on any atom is -0.340 e. The number of anilines is 3. The van der Waals surface area contributed by atoms with Gasteiger partial charge in [0.15, 0.2) is 0 Å². The molecule has 0 saturated heterocycles. The predicted molar refractivity (Wildman–Crippen MR) is 95.6 cm³/mol. The number of aromatic nitrogens is 2. The minimum absolute atomic E-state index is 0.244. The number of para-hydroxylation sites is 1. The van der Waals surface area contributed by atoms with Gasteiger partial charge in [0.05, 0.1) is 11.6 Å². The summed E-state index contributed by atoms with van der Waals surface area (Å²) in [5.74, 6) is 0.656. The van der Waals surface area contributed by atoms with Crippen LogP contribution in [0.1, 0.15) is 21.9 Å². The van der Waals surface area contributed by atoms with Gasteiger partial charge >= 0.3 is 0 Å². The molecule has 0 bridgehead atoms. The van der Waals surface area contributed by atoms with Crippen molar-refractivity contribution in [1.29, 1.82) is 5.26 Å². The topological polar surface area (TPSA) is 90.7 Å².